The lowest BCUT2D eigenvalue weighted by atomic mass is 10.1. The average molecular weight is 279 g/mol. The van der Waals surface area contributed by atoms with E-state index in [1.165, 1.54) is 0 Å². The van der Waals surface area contributed by atoms with E-state index < -0.39 is 5.97 Å². The first-order valence-electron chi connectivity index (χ1n) is 7.44. The molecule has 1 saturated carbocycles. The number of nitrogens with one attached hydrogen (secondary N) is 1. The second-order valence-corrected chi connectivity index (χ2v) is 5.61. The predicted molar refractivity (Wildman–Crippen MR) is 73.2 cm³/mol. The van der Waals surface area contributed by atoms with Crippen LogP contribution in [0.2, 0.25) is 0 Å². The summed E-state index contributed by atoms with van der Waals surface area (Å²) >= 11 is 0. The number of carbonyl (C=O) groups is 1. The number of aromatic carboxylic acids is 1. The second kappa shape index (κ2) is 5.83. The zero-order valence-electron chi connectivity index (χ0n) is 11.5. The average Bonchev–Trinajstić information content (AvgIpc) is 3.09. The summed E-state index contributed by atoms with van der Waals surface area (Å²) in [4.78, 5) is 11.6. The Morgan fingerprint density at radius 3 is 2.65 bits per heavy atom. The summed E-state index contributed by atoms with van der Waals surface area (Å²) in [6, 6.07) is 0.156. The van der Waals surface area contributed by atoms with Gasteiger partial charge < -0.3 is 15.2 Å². The Kier molecular flexibility index (Phi) is 3.91. The molecule has 1 aromatic rings. The molecule has 0 bridgehead atoms. The molecule has 2 fully saturated rings. The number of carboxylic acids is 1. The first kappa shape index (κ1) is 13.4. The van der Waals surface area contributed by atoms with Crippen LogP contribution in [0.1, 0.15) is 55.1 Å². The maximum Gasteiger partial charge on any atom is 0.358 e. The number of nitrogens with zero attached hydrogens (tertiary/aromatic N) is 2. The highest BCUT2D eigenvalue weighted by molar-refractivity contribution is 5.88. The van der Waals surface area contributed by atoms with Crippen molar-refractivity contribution in [3.05, 3.63) is 11.9 Å². The molecule has 0 amide bonds. The first-order chi connectivity index (χ1) is 9.75. The van der Waals surface area contributed by atoms with Crippen molar-refractivity contribution in [2.75, 3.05) is 13.1 Å². The zero-order valence-corrected chi connectivity index (χ0v) is 11.5. The highest BCUT2D eigenvalue weighted by atomic mass is 16.5. The summed E-state index contributed by atoms with van der Waals surface area (Å²) in [6.45, 7) is 1.81. The molecule has 2 N–H and O–H groups in total. The first-order valence-corrected chi connectivity index (χ1v) is 7.44. The van der Waals surface area contributed by atoms with Gasteiger partial charge in [0.05, 0.1) is 18.3 Å². The molecule has 1 aliphatic carbocycles. The molecular weight excluding hydrogens is 258 g/mol. The van der Waals surface area contributed by atoms with Gasteiger partial charge in [-0.25, -0.2) is 4.79 Å². The van der Waals surface area contributed by atoms with Gasteiger partial charge >= 0.3 is 5.97 Å². The van der Waals surface area contributed by atoms with Crippen molar-refractivity contribution in [1.82, 2.24) is 15.1 Å². The Labute approximate surface area is 118 Å². The fraction of sp³-hybridized carbons (Fsp3) is 0.714. The summed E-state index contributed by atoms with van der Waals surface area (Å²) in [6.07, 6.45) is 7.89. The van der Waals surface area contributed by atoms with Gasteiger partial charge in [0.25, 0.3) is 0 Å². The van der Waals surface area contributed by atoms with Crippen molar-refractivity contribution in [2.24, 2.45) is 0 Å². The number of carboxylic acid groups (broad SMARTS) is 1. The highest BCUT2D eigenvalue weighted by Gasteiger charge is 2.27. The van der Waals surface area contributed by atoms with E-state index in [4.69, 9.17) is 4.74 Å². The molecule has 0 radical (unpaired) electrons. The molecule has 1 aliphatic heterocycles. The molecule has 0 atom stereocenters. The van der Waals surface area contributed by atoms with Gasteiger partial charge in [0.2, 0.25) is 0 Å². The lowest BCUT2D eigenvalue weighted by molar-refractivity contribution is 0.0670. The monoisotopic (exact) mass is 279 g/mol. The fourth-order valence-corrected chi connectivity index (χ4v) is 3.15. The molecule has 6 nitrogen and oxygen atoms in total. The van der Waals surface area contributed by atoms with E-state index in [-0.39, 0.29) is 17.8 Å². The van der Waals surface area contributed by atoms with Gasteiger partial charge in [-0.2, -0.15) is 5.10 Å². The maximum atomic E-state index is 11.6. The molecule has 20 heavy (non-hydrogen) atoms. The molecule has 2 aliphatic rings. The Bertz CT molecular complexity index is 474. The maximum absolute atomic E-state index is 11.6. The smallest absolute Gasteiger partial charge is 0.358 e. The van der Waals surface area contributed by atoms with Gasteiger partial charge in [-0.1, -0.05) is 0 Å². The molecular formula is C14H21N3O3. The van der Waals surface area contributed by atoms with Crippen LogP contribution in [0.15, 0.2) is 6.20 Å². The van der Waals surface area contributed by atoms with Crippen molar-refractivity contribution in [3.8, 4) is 5.75 Å². The van der Waals surface area contributed by atoms with Gasteiger partial charge in [0.1, 0.15) is 0 Å². The second-order valence-electron chi connectivity index (χ2n) is 5.61. The van der Waals surface area contributed by atoms with Crippen LogP contribution < -0.4 is 10.1 Å². The summed E-state index contributed by atoms with van der Waals surface area (Å²) in [5.41, 5.74) is 0.212. The molecule has 6 heteroatoms. The van der Waals surface area contributed by atoms with Gasteiger partial charge in [-0.15, -0.1) is 0 Å². The summed E-state index contributed by atoms with van der Waals surface area (Å²) in [5.74, 6) is -0.517. The van der Waals surface area contributed by atoms with E-state index in [2.05, 4.69) is 10.4 Å². The molecule has 0 unspecified atom stereocenters. The topological polar surface area (TPSA) is 76.4 Å². The van der Waals surface area contributed by atoms with Crippen LogP contribution in [-0.2, 0) is 0 Å². The zero-order chi connectivity index (χ0) is 13.9. The van der Waals surface area contributed by atoms with E-state index in [1.54, 1.807) is 10.9 Å². The third-order valence-corrected chi connectivity index (χ3v) is 4.21. The Hall–Kier alpha value is -1.56. The van der Waals surface area contributed by atoms with E-state index in [0.29, 0.717) is 5.75 Å². The summed E-state index contributed by atoms with van der Waals surface area (Å²) in [5, 5.41) is 17.0. The minimum Gasteiger partial charge on any atom is -0.486 e. The molecule has 0 aromatic carbocycles. The molecule has 2 heterocycles. The van der Waals surface area contributed by atoms with Crippen molar-refractivity contribution in [3.63, 3.8) is 0 Å². The van der Waals surface area contributed by atoms with Crippen LogP contribution >= 0.6 is 0 Å². The van der Waals surface area contributed by atoms with Crippen molar-refractivity contribution >= 4 is 5.97 Å². The number of hydrogen-bond acceptors (Lipinski definition) is 4. The van der Waals surface area contributed by atoms with Crippen LogP contribution in [0, 0.1) is 0 Å². The third kappa shape index (κ3) is 2.65. The summed E-state index contributed by atoms with van der Waals surface area (Å²) < 4.78 is 7.51. The Morgan fingerprint density at radius 2 is 2.00 bits per heavy atom. The van der Waals surface area contributed by atoms with E-state index in [0.717, 1.165) is 51.6 Å². The highest BCUT2D eigenvalue weighted by Crippen LogP contribution is 2.29. The van der Waals surface area contributed by atoms with Crippen molar-refractivity contribution in [1.29, 1.82) is 0 Å². The van der Waals surface area contributed by atoms with Gasteiger partial charge in [-0.05, 0) is 51.6 Å². The SMILES string of the molecule is O=C(O)c1c(OC2CCCC2)cnn1C1CCNCC1. The van der Waals surface area contributed by atoms with Crippen LogP contribution in [0.4, 0.5) is 0 Å². The minimum absolute atomic E-state index is 0.152. The largest absolute Gasteiger partial charge is 0.486 e. The minimum atomic E-state index is -0.950. The lowest BCUT2D eigenvalue weighted by Gasteiger charge is -2.24. The quantitative estimate of drug-likeness (QED) is 0.879. The van der Waals surface area contributed by atoms with Crippen LogP contribution in [0.25, 0.3) is 0 Å². The van der Waals surface area contributed by atoms with E-state index in [9.17, 15) is 9.90 Å². The summed E-state index contributed by atoms with van der Waals surface area (Å²) in [7, 11) is 0. The van der Waals surface area contributed by atoms with Gasteiger partial charge in [-0.3, -0.25) is 4.68 Å². The number of rotatable bonds is 4. The normalized spacial score (nSPS) is 21.2. The van der Waals surface area contributed by atoms with Gasteiger partial charge in [0.15, 0.2) is 11.4 Å². The molecule has 3 rings (SSSR count). The number of aromatic nitrogens is 2. The van der Waals surface area contributed by atoms with Crippen molar-refractivity contribution in [2.45, 2.75) is 50.7 Å². The number of hydrogen-bond donors (Lipinski definition) is 2. The number of piperidine rings is 1. The van der Waals surface area contributed by atoms with Crippen molar-refractivity contribution < 1.29 is 14.6 Å². The van der Waals surface area contributed by atoms with Crippen LogP contribution in [-0.4, -0.2) is 40.0 Å². The van der Waals surface area contributed by atoms with Crippen LogP contribution in [0.3, 0.4) is 0 Å². The Balaban J connectivity index is 1.82. The van der Waals surface area contributed by atoms with E-state index >= 15 is 0 Å². The van der Waals surface area contributed by atoms with Crippen LogP contribution in [0.5, 0.6) is 5.75 Å². The standard InChI is InChI=1S/C14H21N3O3/c18-14(19)13-12(20-11-3-1-2-4-11)9-16-17(13)10-5-7-15-8-6-10/h9-11,15H,1-8H2,(H,18,19). The fourth-order valence-electron chi connectivity index (χ4n) is 3.15. The Morgan fingerprint density at radius 1 is 1.30 bits per heavy atom. The number of ether oxygens (including phenoxy) is 1. The molecule has 110 valence electrons. The molecule has 1 saturated heterocycles. The van der Waals surface area contributed by atoms with E-state index in [1.807, 2.05) is 0 Å². The predicted octanol–water partition coefficient (Wildman–Crippen LogP) is 1.83. The lowest BCUT2D eigenvalue weighted by Crippen LogP contribution is -2.31. The molecule has 1 aromatic heterocycles. The van der Waals surface area contributed by atoms with Gasteiger partial charge in [0, 0.05) is 0 Å². The molecule has 0 spiro atoms. The third-order valence-electron chi connectivity index (χ3n) is 4.21.